The summed E-state index contributed by atoms with van der Waals surface area (Å²) < 4.78 is 0. The van der Waals surface area contributed by atoms with Crippen LogP contribution in [0.4, 0.5) is 0 Å². The van der Waals surface area contributed by atoms with Crippen LogP contribution in [0.15, 0.2) is 11.7 Å². The van der Waals surface area contributed by atoms with Crippen molar-refractivity contribution in [3.63, 3.8) is 0 Å². The van der Waals surface area contributed by atoms with Gasteiger partial charge in [0.1, 0.15) is 6.33 Å². The lowest BCUT2D eigenvalue weighted by Crippen LogP contribution is -2.51. The fourth-order valence-corrected chi connectivity index (χ4v) is 3.74. The van der Waals surface area contributed by atoms with E-state index in [1.165, 1.54) is 17.7 Å². The minimum Gasteiger partial charge on any atom is -0.338 e. The van der Waals surface area contributed by atoms with Crippen molar-refractivity contribution in [2.75, 3.05) is 13.1 Å². The summed E-state index contributed by atoms with van der Waals surface area (Å²) in [6.45, 7) is 3.49. The first-order chi connectivity index (χ1) is 10.7. The van der Waals surface area contributed by atoms with E-state index in [9.17, 15) is 4.79 Å². The minimum atomic E-state index is 0.108. The molecular weight excluding hydrogens is 300 g/mol. The molecule has 0 aliphatic carbocycles. The quantitative estimate of drug-likeness (QED) is 0.877. The van der Waals surface area contributed by atoms with Crippen molar-refractivity contribution in [3.8, 4) is 10.8 Å². The molecule has 0 saturated carbocycles. The van der Waals surface area contributed by atoms with E-state index in [4.69, 9.17) is 5.73 Å². The Labute approximate surface area is 133 Å². The molecule has 3 N–H and O–H groups in total. The maximum absolute atomic E-state index is 12.6. The number of hydrogen-bond acceptors (Lipinski definition) is 6. The Morgan fingerprint density at radius 1 is 1.59 bits per heavy atom. The number of carbonyl (C=O) groups is 1. The first-order valence-corrected chi connectivity index (χ1v) is 8.36. The minimum absolute atomic E-state index is 0.108. The van der Waals surface area contributed by atoms with Gasteiger partial charge < -0.3 is 10.6 Å². The Morgan fingerprint density at radius 2 is 2.45 bits per heavy atom. The van der Waals surface area contributed by atoms with Crippen molar-refractivity contribution >= 4 is 17.2 Å². The maximum atomic E-state index is 12.6. The molecule has 0 unspecified atom stereocenters. The van der Waals surface area contributed by atoms with Crippen LogP contribution < -0.4 is 5.73 Å². The molecule has 1 fully saturated rings. The zero-order valence-corrected chi connectivity index (χ0v) is 13.3. The second-order valence-electron chi connectivity index (χ2n) is 5.66. The maximum Gasteiger partial charge on any atom is 0.228 e. The number of likely N-dealkylation sites (tertiary alicyclic amines) is 1. The molecule has 3 rings (SSSR count). The molecule has 0 radical (unpaired) electrons. The summed E-state index contributed by atoms with van der Waals surface area (Å²) in [6, 6.07) is 0.147. The topological polar surface area (TPSA) is 101 Å². The monoisotopic (exact) mass is 320 g/mol. The van der Waals surface area contributed by atoms with Gasteiger partial charge in [0.05, 0.1) is 12.1 Å². The lowest BCUT2D eigenvalue weighted by atomic mass is 9.90. The van der Waals surface area contributed by atoms with Gasteiger partial charge >= 0.3 is 0 Å². The molecule has 3 heterocycles. The predicted molar refractivity (Wildman–Crippen MR) is 84.1 cm³/mol. The zero-order valence-electron chi connectivity index (χ0n) is 12.5. The van der Waals surface area contributed by atoms with E-state index >= 15 is 0 Å². The number of thiazole rings is 1. The van der Waals surface area contributed by atoms with Gasteiger partial charge in [-0.15, -0.1) is 11.3 Å². The van der Waals surface area contributed by atoms with Crippen LogP contribution in [0.2, 0.25) is 0 Å². The van der Waals surface area contributed by atoms with E-state index in [0.717, 1.165) is 30.1 Å². The Kier molecular flexibility index (Phi) is 4.49. The molecule has 0 aromatic carbocycles. The molecule has 0 bridgehead atoms. The molecule has 118 valence electrons. The first-order valence-electron chi connectivity index (χ1n) is 7.48. The lowest BCUT2D eigenvalue weighted by Gasteiger charge is -2.39. The van der Waals surface area contributed by atoms with Gasteiger partial charge in [0.25, 0.3) is 0 Å². The third-order valence-corrected chi connectivity index (χ3v) is 5.08. The van der Waals surface area contributed by atoms with Gasteiger partial charge in [-0.05, 0) is 18.8 Å². The van der Waals surface area contributed by atoms with Gasteiger partial charge in [0.2, 0.25) is 5.91 Å². The summed E-state index contributed by atoms with van der Waals surface area (Å²) in [5, 5.41) is 9.25. The molecule has 1 saturated heterocycles. The van der Waals surface area contributed by atoms with Gasteiger partial charge in [-0.1, -0.05) is 6.92 Å². The average Bonchev–Trinajstić information content (AvgIpc) is 3.17. The van der Waals surface area contributed by atoms with Crippen LogP contribution in [-0.4, -0.2) is 50.1 Å². The summed E-state index contributed by atoms with van der Waals surface area (Å²) in [6.07, 6.45) is 3.94. The fourth-order valence-electron chi connectivity index (χ4n) is 2.98. The van der Waals surface area contributed by atoms with Crippen LogP contribution in [-0.2, 0) is 11.2 Å². The van der Waals surface area contributed by atoms with Gasteiger partial charge in [0.15, 0.2) is 10.8 Å². The van der Waals surface area contributed by atoms with Crippen molar-refractivity contribution in [2.45, 2.75) is 32.2 Å². The number of aromatic amines is 1. The number of H-pyrrole nitrogens is 1. The van der Waals surface area contributed by atoms with Crippen LogP contribution in [0, 0.1) is 5.92 Å². The zero-order chi connectivity index (χ0) is 15.5. The smallest absolute Gasteiger partial charge is 0.228 e. The second kappa shape index (κ2) is 6.53. The summed E-state index contributed by atoms with van der Waals surface area (Å²) in [5.41, 5.74) is 6.63. The summed E-state index contributed by atoms with van der Waals surface area (Å²) in [7, 11) is 0. The molecular formula is C14H20N6OS. The fraction of sp³-hybridized carbons (Fsp3) is 0.571. The van der Waals surface area contributed by atoms with Crippen molar-refractivity contribution in [3.05, 3.63) is 17.4 Å². The number of amides is 1. The van der Waals surface area contributed by atoms with Gasteiger partial charge in [-0.2, -0.15) is 5.10 Å². The number of nitrogens with zero attached hydrogens (tertiary/aromatic N) is 4. The number of carbonyl (C=O) groups excluding carboxylic acids is 1. The lowest BCUT2D eigenvalue weighted by molar-refractivity contribution is -0.135. The number of nitrogens with one attached hydrogen (secondary N) is 1. The largest absolute Gasteiger partial charge is 0.338 e. The number of aromatic nitrogens is 4. The third-order valence-electron chi connectivity index (χ3n) is 4.18. The molecule has 1 aliphatic rings. The first kappa shape index (κ1) is 15.1. The molecule has 2 aromatic rings. The van der Waals surface area contributed by atoms with Gasteiger partial charge in [-0.3, -0.25) is 9.89 Å². The molecule has 8 heteroatoms. The van der Waals surface area contributed by atoms with Crippen LogP contribution in [0.25, 0.3) is 10.8 Å². The molecule has 22 heavy (non-hydrogen) atoms. The van der Waals surface area contributed by atoms with Crippen LogP contribution in [0.1, 0.15) is 25.5 Å². The molecule has 2 aromatic heterocycles. The van der Waals surface area contributed by atoms with E-state index in [1.54, 1.807) is 0 Å². The van der Waals surface area contributed by atoms with Gasteiger partial charge in [-0.25, -0.2) is 9.97 Å². The average molecular weight is 320 g/mol. The number of rotatable bonds is 4. The highest BCUT2D eigenvalue weighted by atomic mass is 32.1. The Balaban J connectivity index is 1.69. The van der Waals surface area contributed by atoms with E-state index in [0.29, 0.717) is 24.7 Å². The Morgan fingerprint density at radius 3 is 3.18 bits per heavy atom. The van der Waals surface area contributed by atoms with Crippen LogP contribution in [0.5, 0.6) is 0 Å². The Bertz CT molecular complexity index is 625. The van der Waals surface area contributed by atoms with Crippen LogP contribution in [0.3, 0.4) is 0 Å². The summed E-state index contributed by atoms with van der Waals surface area (Å²) in [4.78, 5) is 23.0. The number of nitrogens with two attached hydrogens (primary N) is 1. The highest BCUT2D eigenvalue weighted by Gasteiger charge is 2.30. The summed E-state index contributed by atoms with van der Waals surface area (Å²) in [5.74, 6) is 1.20. The van der Waals surface area contributed by atoms with E-state index in [1.807, 2.05) is 10.3 Å². The normalized spacial score (nSPS) is 22.0. The second-order valence-corrected chi connectivity index (χ2v) is 6.52. The third kappa shape index (κ3) is 3.02. The van der Waals surface area contributed by atoms with Gasteiger partial charge in [0, 0.05) is 24.5 Å². The number of hydrogen-bond donors (Lipinski definition) is 2. The van der Waals surface area contributed by atoms with E-state index in [-0.39, 0.29) is 11.9 Å². The van der Waals surface area contributed by atoms with E-state index < -0.39 is 0 Å². The van der Waals surface area contributed by atoms with Crippen LogP contribution >= 0.6 is 11.3 Å². The molecule has 1 aliphatic heterocycles. The van der Waals surface area contributed by atoms with Crippen molar-refractivity contribution in [1.82, 2.24) is 25.1 Å². The van der Waals surface area contributed by atoms with Crippen molar-refractivity contribution < 1.29 is 4.79 Å². The SMILES string of the molecule is C[C@H]1CCCN(C(=O)Cc2csc(-c3ncn[nH]3)n2)[C@@H]1CN. The highest BCUT2D eigenvalue weighted by Crippen LogP contribution is 2.24. The van der Waals surface area contributed by atoms with E-state index in [2.05, 4.69) is 27.1 Å². The highest BCUT2D eigenvalue weighted by molar-refractivity contribution is 7.13. The molecule has 1 amide bonds. The van der Waals surface area contributed by atoms with Crippen molar-refractivity contribution in [1.29, 1.82) is 0 Å². The molecule has 0 spiro atoms. The molecule has 7 nitrogen and oxygen atoms in total. The standard InChI is InChI=1S/C14H20N6OS/c1-9-3-2-4-20(11(9)6-15)12(21)5-10-7-22-14(18-10)13-16-8-17-19-13/h7-9,11H,2-6,15H2,1H3,(H,16,17,19)/t9-,11+/m0/s1. The Hall–Kier alpha value is -1.80. The summed E-state index contributed by atoms with van der Waals surface area (Å²) >= 11 is 1.46. The van der Waals surface area contributed by atoms with Crippen molar-refractivity contribution in [2.24, 2.45) is 11.7 Å². The molecule has 2 atom stereocenters. The number of piperidine rings is 1. The predicted octanol–water partition coefficient (Wildman–Crippen LogP) is 1.06.